The number of benzene rings is 1. The first-order chi connectivity index (χ1) is 9.65. The van der Waals surface area contributed by atoms with Crippen LogP contribution in [0.1, 0.15) is 32.3 Å². The molecule has 1 heterocycles. The van der Waals surface area contributed by atoms with Crippen LogP contribution in [0.5, 0.6) is 0 Å². The van der Waals surface area contributed by atoms with E-state index in [9.17, 15) is 4.79 Å². The minimum atomic E-state index is 0. The summed E-state index contributed by atoms with van der Waals surface area (Å²) < 4.78 is 5.58. The molecule has 0 atom stereocenters. The van der Waals surface area contributed by atoms with E-state index in [2.05, 4.69) is 10.6 Å². The summed E-state index contributed by atoms with van der Waals surface area (Å²) in [6.07, 6.45) is 2.05. The van der Waals surface area contributed by atoms with Gasteiger partial charge in [0.05, 0.1) is 12.7 Å². The van der Waals surface area contributed by atoms with Gasteiger partial charge < -0.3 is 15.4 Å². The van der Waals surface area contributed by atoms with Gasteiger partial charge in [-0.15, -0.1) is 12.4 Å². The Balaban J connectivity index is 0.00000220. The molecule has 21 heavy (non-hydrogen) atoms. The van der Waals surface area contributed by atoms with Crippen molar-refractivity contribution in [3.05, 3.63) is 29.8 Å². The van der Waals surface area contributed by atoms with E-state index in [1.807, 2.05) is 38.1 Å². The van der Waals surface area contributed by atoms with Crippen LogP contribution in [0.3, 0.4) is 0 Å². The van der Waals surface area contributed by atoms with Gasteiger partial charge in [0.2, 0.25) is 5.91 Å². The van der Waals surface area contributed by atoms with E-state index in [0.29, 0.717) is 6.61 Å². The third-order valence-electron chi connectivity index (χ3n) is 3.49. The number of piperidine rings is 1. The lowest BCUT2D eigenvalue weighted by molar-refractivity contribution is -0.120. The highest BCUT2D eigenvalue weighted by Gasteiger charge is 2.20. The molecule has 0 spiro atoms. The van der Waals surface area contributed by atoms with E-state index < -0.39 is 0 Å². The first-order valence-corrected chi connectivity index (χ1v) is 7.37. The summed E-state index contributed by atoms with van der Waals surface area (Å²) in [5.74, 6) is 0.264. The number of carbonyl (C=O) groups is 1. The van der Waals surface area contributed by atoms with Gasteiger partial charge in [0.1, 0.15) is 0 Å². The molecule has 0 aliphatic carbocycles. The molecule has 0 saturated carbocycles. The Morgan fingerprint density at radius 1 is 1.38 bits per heavy atom. The number of ether oxygens (including phenoxy) is 1. The molecular formula is C16H25ClN2O2. The summed E-state index contributed by atoms with van der Waals surface area (Å²) >= 11 is 0. The Hall–Kier alpha value is -1.10. The molecule has 0 unspecified atom stereocenters. The number of nitrogens with one attached hydrogen (secondary N) is 2. The first kappa shape index (κ1) is 18.0. The number of anilines is 1. The lowest BCUT2D eigenvalue weighted by Gasteiger charge is -2.21. The summed E-state index contributed by atoms with van der Waals surface area (Å²) in [5.41, 5.74) is 1.94. The fraction of sp³-hybridized carbons (Fsp3) is 0.562. The zero-order chi connectivity index (χ0) is 14.4. The maximum atomic E-state index is 12.2. The fourth-order valence-electron chi connectivity index (χ4n) is 2.33. The van der Waals surface area contributed by atoms with Crippen molar-refractivity contribution >= 4 is 24.0 Å². The molecule has 1 aromatic rings. The number of rotatable bonds is 5. The average Bonchev–Trinajstić information content (AvgIpc) is 2.46. The second kappa shape index (κ2) is 9.03. The van der Waals surface area contributed by atoms with Gasteiger partial charge in [0, 0.05) is 11.6 Å². The van der Waals surface area contributed by atoms with Gasteiger partial charge in [-0.2, -0.15) is 0 Å². The van der Waals surface area contributed by atoms with Crippen molar-refractivity contribution in [2.75, 3.05) is 18.4 Å². The van der Waals surface area contributed by atoms with Gasteiger partial charge in [0.25, 0.3) is 0 Å². The second-order valence-electron chi connectivity index (χ2n) is 5.57. The first-order valence-electron chi connectivity index (χ1n) is 7.37. The monoisotopic (exact) mass is 312 g/mol. The maximum Gasteiger partial charge on any atom is 0.227 e. The molecule has 1 aromatic carbocycles. The third kappa shape index (κ3) is 6.04. The lowest BCUT2D eigenvalue weighted by atomic mass is 9.97. The Kier molecular flexibility index (Phi) is 7.72. The largest absolute Gasteiger partial charge is 0.374 e. The van der Waals surface area contributed by atoms with E-state index in [1.54, 1.807) is 0 Å². The summed E-state index contributed by atoms with van der Waals surface area (Å²) in [6.45, 7) is 6.47. The zero-order valence-corrected chi connectivity index (χ0v) is 13.5. The summed E-state index contributed by atoms with van der Waals surface area (Å²) in [6, 6.07) is 7.89. The number of amides is 1. The van der Waals surface area contributed by atoms with Gasteiger partial charge in [-0.25, -0.2) is 0 Å². The number of hydrogen-bond acceptors (Lipinski definition) is 3. The van der Waals surface area contributed by atoms with Crippen molar-refractivity contribution in [1.82, 2.24) is 5.32 Å². The number of halogens is 1. The van der Waals surface area contributed by atoms with Crippen LogP contribution in [0.15, 0.2) is 24.3 Å². The molecule has 0 aromatic heterocycles. The SMILES string of the molecule is CC(C)OCc1cccc(NC(=O)C2CCNCC2)c1.Cl. The topological polar surface area (TPSA) is 50.4 Å². The average molecular weight is 313 g/mol. The summed E-state index contributed by atoms with van der Waals surface area (Å²) in [5, 5.41) is 6.29. The van der Waals surface area contributed by atoms with Crippen LogP contribution >= 0.6 is 12.4 Å². The van der Waals surface area contributed by atoms with Crippen LogP contribution in [0.2, 0.25) is 0 Å². The van der Waals surface area contributed by atoms with E-state index in [1.165, 1.54) is 0 Å². The third-order valence-corrected chi connectivity index (χ3v) is 3.49. The fourth-order valence-corrected chi connectivity index (χ4v) is 2.33. The Bertz CT molecular complexity index is 446. The Morgan fingerprint density at radius 3 is 2.76 bits per heavy atom. The van der Waals surface area contributed by atoms with E-state index in [0.717, 1.165) is 37.2 Å². The standard InChI is InChI=1S/C16H24N2O2.ClH/c1-12(2)20-11-13-4-3-5-15(10-13)18-16(19)14-6-8-17-9-7-14;/h3-5,10,12,14,17H,6-9,11H2,1-2H3,(H,18,19);1H. The molecule has 5 heteroatoms. The second-order valence-corrected chi connectivity index (χ2v) is 5.57. The minimum absolute atomic E-state index is 0. The highest BCUT2D eigenvalue weighted by Crippen LogP contribution is 2.17. The van der Waals surface area contributed by atoms with Crippen molar-refractivity contribution in [3.63, 3.8) is 0 Å². The van der Waals surface area contributed by atoms with Gasteiger partial charge in [0.15, 0.2) is 0 Å². The van der Waals surface area contributed by atoms with Crippen molar-refractivity contribution in [1.29, 1.82) is 0 Å². The molecule has 1 amide bonds. The molecule has 118 valence electrons. The van der Waals surface area contributed by atoms with Gasteiger partial charge in [-0.3, -0.25) is 4.79 Å². The molecule has 1 fully saturated rings. The van der Waals surface area contributed by atoms with Crippen LogP contribution < -0.4 is 10.6 Å². The highest BCUT2D eigenvalue weighted by atomic mass is 35.5. The van der Waals surface area contributed by atoms with Crippen molar-refractivity contribution in [2.45, 2.75) is 39.4 Å². The summed E-state index contributed by atoms with van der Waals surface area (Å²) in [4.78, 5) is 12.2. The van der Waals surface area contributed by atoms with Crippen LogP contribution in [0.4, 0.5) is 5.69 Å². The quantitative estimate of drug-likeness (QED) is 0.879. The molecule has 1 saturated heterocycles. The van der Waals surface area contributed by atoms with Crippen LogP contribution in [0, 0.1) is 5.92 Å². The van der Waals surface area contributed by atoms with Crippen LogP contribution in [-0.4, -0.2) is 25.1 Å². The Labute approximate surface area is 133 Å². The molecule has 1 aliphatic heterocycles. The molecular weight excluding hydrogens is 288 g/mol. The molecule has 0 radical (unpaired) electrons. The van der Waals surface area contributed by atoms with E-state index >= 15 is 0 Å². The van der Waals surface area contributed by atoms with Gasteiger partial charge >= 0.3 is 0 Å². The Morgan fingerprint density at radius 2 is 2.10 bits per heavy atom. The van der Waals surface area contributed by atoms with Gasteiger partial charge in [-0.05, 0) is 57.5 Å². The zero-order valence-electron chi connectivity index (χ0n) is 12.7. The van der Waals surface area contributed by atoms with Crippen LogP contribution in [-0.2, 0) is 16.1 Å². The van der Waals surface area contributed by atoms with Crippen molar-refractivity contribution in [3.8, 4) is 0 Å². The lowest BCUT2D eigenvalue weighted by Crippen LogP contribution is -2.34. The normalized spacial score (nSPS) is 15.6. The molecule has 2 rings (SSSR count). The van der Waals surface area contributed by atoms with E-state index in [4.69, 9.17) is 4.74 Å². The highest BCUT2D eigenvalue weighted by molar-refractivity contribution is 5.92. The molecule has 0 bridgehead atoms. The molecule has 4 nitrogen and oxygen atoms in total. The molecule has 2 N–H and O–H groups in total. The number of carbonyl (C=O) groups excluding carboxylic acids is 1. The maximum absolute atomic E-state index is 12.2. The van der Waals surface area contributed by atoms with Crippen molar-refractivity contribution in [2.24, 2.45) is 5.92 Å². The minimum Gasteiger partial charge on any atom is -0.374 e. The summed E-state index contributed by atoms with van der Waals surface area (Å²) in [7, 11) is 0. The van der Waals surface area contributed by atoms with Crippen molar-refractivity contribution < 1.29 is 9.53 Å². The number of hydrogen-bond donors (Lipinski definition) is 2. The predicted molar refractivity (Wildman–Crippen MR) is 87.8 cm³/mol. The van der Waals surface area contributed by atoms with Gasteiger partial charge in [-0.1, -0.05) is 12.1 Å². The molecule has 1 aliphatic rings. The predicted octanol–water partition coefficient (Wildman–Crippen LogP) is 2.97. The van der Waals surface area contributed by atoms with Crippen LogP contribution in [0.25, 0.3) is 0 Å². The van der Waals surface area contributed by atoms with E-state index in [-0.39, 0.29) is 30.3 Å². The smallest absolute Gasteiger partial charge is 0.227 e.